The van der Waals surface area contributed by atoms with Gasteiger partial charge < -0.3 is 20.4 Å². The van der Waals surface area contributed by atoms with Crippen molar-refractivity contribution in [1.29, 1.82) is 0 Å². The highest BCUT2D eigenvalue weighted by Crippen LogP contribution is 2.29. The highest BCUT2D eigenvalue weighted by atomic mass is 35.5. The second-order valence-electron chi connectivity index (χ2n) is 9.02. The Bertz CT molecular complexity index is 1380. The number of benzene rings is 2. The van der Waals surface area contributed by atoms with Crippen molar-refractivity contribution >= 4 is 29.0 Å². The molecule has 8 heteroatoms. The minimum Gasteiger partial charge on any atom is -0.495 e. The molecular formula is C27H30ClN5O2. The molecule has 0 spiro atoms. The lowest BCUT2D eigenvalue weighted by atomic mass is 10.0. The summed E-state index contributed by atoms with van der Waals surface area (Å²) in [6.07, 6.45) is 3.39. The second-order valence-corrected chi connectivity index (χ2v) is 9.02. The van der Waals surface area contributed by atoms with Crippen LogP contribution in [0.5, 0.6) is 5.75 Å². The number of hydrogen-bond acceptors (Lipinski definition) is 6. The molecule has 0 saturated carbocycles. The zero-order chi connectivity index (χ0) is 23.7. The molecule has 0 amide bonds. The number of methoxy groups -OCH3 is 1. The number of pyridine rings is 1. The van der Waals surface area contributed by atoms with Crippen molar-refractivity contribution in [1.82, 2.24) is 20.3 Å². The lowest BCUT2D eigenvalue weighted by Crippen LogP contribution is -2.22. The van der Waals surface area contributed by atoms with E-state index in [2.05, 4.69) is 52.6 Å². The zero-order valence-electron chi connectivity index (χ0n) is 20.1. The molecule has 5 rings (SSSR count). The first-order valence-electron chi connectivity index (χ1n) is 11.6. The van der Waals surface area contributed by atoms with Crippen LogP contribution in [0.1, 0.15) is 28.9 Å². The van der Waals surface area contributed by atoms with E-state index >= 15 is 0 Å². The molecule has 1 aliphatic rings. The van der Waals surface area contributed by atoms with Crippen molar-refractivity contribution < 1.29 is 4.74 Å². The van der Waals surface area contributed by atoms with Crippen LogP contribution in [0, 0.1) is 13.8 Å². The Morgan fingerprint density at radius 2 is 1.91 bits per heavy atom. The van der Waals surface area contributed by atoms with Crippen molar-refractivity contribution in [3.05, 3.63) is 81.5 Å². The Morgan fingerprint density at radius 3 is 2.57 bits per heavy atom. The number of H-pyrrole nitrogens is 1. The average Bonchev–Trinajstić information content (AvgIpc) is 3.32. The van der Waals surface area contributed by atoms with E-state index in [0.29, 0.717) is 34.9 Å². The molecule has 7 nitrogen and oxygen atoms in total. The fraction of sp³-hybridized carbons (Fsp3) is 0.296. The second kappa shape index (κ2) is 10.5. The molecule has 1 saturated heterocycles. The van der Waals surface area contributed by atoms with Gasteiger partial charge in [0.05, 0.1) is 29.4 Å². The number of anilines is 1. The number of aromatic nitrogens is 3. The summed E-state index contributed by atoms with van der Waals surface area (Å²) in [4.78, 5) is 25.1. The number of ether oxygens (including phenoxy) is 1. The molecule has 2 aromatic heterocycles. The average molecular weight is 492 g/mol. The molecule has 1 aliphatic heterocycles. The Labute approximate surface area is 210 Å². The van der Waals surface area contributed by atoms with E-state index in [-0.39, 0.29) is 18.0 Å². The van der Waals surface area contributed by atoms with Crippen molar-refractivity contribution in [3.63, 3.8) is 0 Å². The van der Waals surface area contributed by atoms with Crippen LogP contribution in [0.4, 0.5) is 5.69 Å². The van der Waals surface area contributed by atoms with E-state index in [1.807, 2.05) is 24.4 Å². The molecule has 0 radical (unpaired) electrons. The minimum absolute atomic E-state index is 0. The zero-order valence-corrected chi connectivity index (χ0v) is 21.0. The van der Waals surface area contributed by atoms with Gasteiger partial charge in [-0.15, -0.1) is 12.4 Å². The largest absolute Gasteiger partial charge is 0.495 e. The topological polar surface area (TPSA) is 91.9 Å². The van der Waals surface area contributed by atoms with Crippen LogP contribution in [0.15, 0.2) is 53.5 Å². The number of hydrogen-bond donors (Lipinski definition) is 3. The first-order chi connectivity index (χ1) is 16.5. The predicted octanol–water partition coefficient (Wildman–Crippen LogP) is 4.40. The first kappa shape index (κ1) is 24.7. The van der Waals surface area contributed by atoms with E-state index in [4.69, 9.17) is 9.72 Å². The van der Waals surface area contributed by atoms with Crippen LogP contribution >= 0.6 is 12.4 Å². The van der Waals surface area contributed by atoms with Gasteiger partial charge in [-0.25, -0.2) is 4.98 Å². The van der Waals surface area contributed by atoms with Gasteiger partial charge in [0.2, 0.25) is 0 Å². The van der Waals surface area contributed by atoms with Crippen LogP contribution in [-0.2, 0) is 6.42 Å². The van der Waals surface area contributed by atoms with Gasteiger partial charge in [-0.05, 0) is 62.7 Å². The van der Waals surface area contributed by atoms with Crippen LogP contribution in [0.2, 0.25) is 0 Å². The fourth-order valence-corrected chi connectivity index (χ4v) is 4.59. The molecular weight excluding hydrogens is 462 g/mol. The van der Waals surface area contributed by atoms with E-state index in [9.17, 15) is 4.79 Å². The van der Waals surface area contributed by atoms with Gasteiger partial charge in [-0.1, -0.05) is 23.3 Å². The highest BCUT2D eigenvalue weighted by Gasteiger charge is 2.17. The first-order valence-corrected chi connectivity index (χ1v) is 11.6. The summed E-state index contributed by atoms with van der Waals surface area (Å²) in [5.41, 5.74) is 6.78. The van der Waals surface area contributed by atoms with Gasteiger partial charge in [0.25, 0.3) is 5.56 Å². The summed E-state index contributed by atoms with van der Waals surface area (Å²) in [7, 11) is 1.62. The van der Waals surface area contributed by atoms with E-state index in [1.165, 1.54) is 11.1 Å². The van der Waals surface area contributed by atoms with Crippen LogP contribution in [0.3, 0.4) is 0 Å². The molecule has 1 fully saturated rings. The van der Waals surface area contributed by atoms with E-state index in [0.717, 1.165) is 42.0 Å². The SMILES string of the molecule is COc1cc2c(=O)[nH]c(Cc3ccc(-c4cc(C)cc(C)c4)nc3)nc2cc1N[C@@H]1CCNC1.Cl. The third kappa shape index (κ3) is 5.47. The van der Waals surface area contributed by atoms with E-state index < -0.39 is 0 Å². The molecule has 4 aromatic rings. The number of aromatic amines is 1. The molecule has 35 heavy (non-hydrogen) atoms. The monoisotopic (exact) mass is 491 g/mol. The summed E-state index contributed by atoms with van der Waals surface area (Å²) in [5.74, 6) is 1.25. The Balaban J connectivity index is 0.00000289. The van der Waals surface area contributed by atoms with Crippen LogP contribution in [0.25, 0.3) is 22.2 Å². The number of aryl methyl sites for hydroxylation is 2. The number of halogens is 1. The van der Waals surface area contributed by atoms with Crippen molar-refractivity contribution in [2.24, 2.45) is 0 Å². The Hall–Kier alpha value is -3.42. The number of nitrogens with zero attached hydrogens (tertiary/aromatic N) is 2. The molecule has 0 aliphatic carbocycles. The van der Waals surface area contributed by atoms with Gasteiger partial charge in [0, 0.05) is 30.8 Å². The maximum absolute atomic E-state index is 12.8. The number of fused-ring (bicyclic) bond motifs is 1. The smallest absolute Gasteiger partial charge is 0.258 e. The summed E-state index contributed by atoms with van der Waals surface area (Å²) >= 11 is 0. The van der Waals surface area contributed by atoms with Crippen molar-refractivity contribution in [2.45, 2.75) is 32.7 Å². The van der Waals surface area contributed by atoms with Gasteiger partial charge in [-0.3, -0.25) is 9.78 Å². The fourth-order valence-electron chi connectivity index (χ4n) is 4.59. The highest BCUT2D eigenvalue weighted by molar-refractivity contribution is 5.85. The molecule has 3 N–H and O–H groups in total. The van der Waals surface area contributed by atoms with Gasteiger partial charge in [0.15, 0.2) is 0 Å². The van der Waals surface area contributed by atoms with Gasteiger partial charge in [-0.2, -0.15) is 0 Å². The predicted molar refractivity (Wildman–Crippen MR) is 143 cm³/mol. The third-order valence-electron chi connectivity index (χ3n) is 6.21. The lowest BCUT2D eigenvalue weighted by Gasteiger charge is -2.16. The van der Waals surface area contributed by atoms with E-state index in [1.54, 1.807) is 13.2 Å². The van der Waals surface area contributed by atoms with Crippen molar-refractivity contribution in [2.75, 3.05) is 25.5 Å². The van der Waals surface area contributed by atoms with Gasteiger partial charge in [0.1, 0.15) is 11.6 Å². The quantitative estimate of drug-likeness (QED) is 0.370. The summed E-state index contributed by atoms with van der Waals surface area (Å²) < 4.78 is 5.54. The van der Waals surface area contributed by atoms with Crippen LogP contribution < -0.4 is 20.9 Å². The normalized spacial score (nSPS) is 15.1. The standard InChI is InChI=1S/C27H29N5O2.ClH/c1-16-8-17(2)10-19(9-16)22-5-4-18(14-29-22)11-26-31-23-13-24(30-20-6-7-28-15-20)25(34-3)12-21(23)27(33)32-26;/h4-5,8-10,12-14,20,28,30H,6-7,11,15H2,1-3H3,(H,31,32,33);1H/t20-;/m1./s1. The number of nitrogens with one attached hydrogen (secondary N) is 3. The summed E-state index contributed by atoms with van der Waals surface area (Å²) in [6.45, 7) is 6.08. The molecule has 0 bridgehead atoms. The molecule has 2 aromatic carbocycles. The maximum atomic E-state index is 12.8. The maximum Gasteiger partial charge on any atom is 0.258 e. The minimum atomic E-state index is -0.174. The Kier molecular flexibility index (Phi) is 7.38. The third-order valence-corrected chi connectivity index (χ3v) is 6.21. The molecule has 182 valence electrons. The number of rotatable bonds is 6. The summed E-state index contributed by atoms with van der Waals surface area (Å²) in [5, 5.41) is 7.39. The van der Waals surface area contributed by atoms with Crippen LogP contribution in [-0.4, -0.2) is 41.2 Å². The molecule has 1 atom stereocenters. The lowest BCUT2D eigenvalue weighted by molar-refractivity contribution is 0.416. The molecule has 0 unspecified atom stereocenters. The van der Waals surface area contributed by atoms with Crippen molar-refractivity contribution in [3.8, 4) is 17.0 Å². The van der Waals surface area contributed by atoms with Gasteiger partial charge >= 0.3 is 0 Å². The molecule has 3 heterocycles. The summed E-state index contributed by atoms with van der Waals surface area (Å²) in [6, 6.07) is 14.5. The Morgan fingerprint density at radius 1 is 1.11 bits per heavy atom.